The third kappa shape index (κ3) is 4.16. The SMILES string of the molecule is Cc1nccn1CCN(C)C(=O)[C@H]1CCCN(C2CCOCC2)C1. The second kappa shape index (κ2) is 8.12. The molecule has 0 bridgehead atoms. The van der Waals surface area contributed by atoms with Crippen LogP contribution in [0.25, 0.3) is 0 Å². The van der Waals surface area contributed by atoms with Crippen LogP contribution in [0.15, 0.2) is 12.4 Å². The Bertz CT molecular complexity index is 539. The standard InChI is InChI=1S/C18H30N4O2/c1-15-19-7-9-21(15)11-10-20(2)18(23)16-4-3-8-22(14-16)17-5-12-24-13-6-17/h7,9,16-17H,3-6,8,10-14H2,1-2H3/t16-/m0/s1. The van der Waals surface area contributed by atoms with E-state index in [-0.39, 0.29) is 5.92 Å². The lowest BCUT2D eigenvalue weighted by molar-refractivity contribution is -0.136. The van der Waals surface area contributed by atoms with Gasteiger partial charge in [0.2, 0.25) is 5.91 Å². The molecule has 1 atom stereocenters. The van der Waals surface area contributed by atoms with Crippen LogP contribution in [0.2, 0.25) is 0 Å². The summed E-state index contributed by atoms with van der Waals surface area (Å²) in [6.45, 7) is 7.32. The van der Waals surface area contributed by atoms with Crippen LogP contribution >= 0.6 is 0 Å². The molecule has 3 heterocycles. The highest BCUT2D eigenvalue weighted by Crippen LogP contribution is 2.24. The molecule has 0 spiro atoms. The number of aryl methyl sites for hydroxylation is 1. The zero-order valence-corrected chi connectivity index (χ0v) is 15.0. The van der Waals surface area contributed by atoms with Crippen molar-refractivity contribution in [2.75, 3.05) is 39.9 Å². The summed E-state index contributed by atoms with van der Waals surface area (Å²) in [5, 5.41) is 0. The van der Waals surface area contributed by atoms with E-state index in [1.165, 1.54) is 0 Å². The molecule has 24 heavy (non-hydrogen) atoms. The van der Waals surface area contributed by atoms with Crippen molar-refractivity contribution < 1.29 is 9.53 Å². The fourth-order valence-corrected chi connectivity index (χ4v) is 3.91. The third-order valence-corrected chi connectivity index (χ3v) is 5.49. The predicted molar refractivity (Wildman–Crippen MR) is 92.7 cm³/mol. The molecule has 2 saturated heterocycles. The lowest BCUT2D eigenvalue weighted by Crippen LogP contribution is -2.49. The molecule has 0 unspecified atom stereocenters. The molecule has 0 aromatic carbocycles. The van der Waals surface area contributed by atoms with E-state index in [4.69, 9.17) is 4.74 Å². The summed E-state index contributed by atoms with van der Waals surface area (Å²) >= 11 is 0. The average Bonchev–Trinajstić information content (AvgIpc) is 3.05. The van der Waals surface area contributed by atoms with E-state index < -0.39 is 0 Å². The van der Waals surface area contributed by atoms with Gasteiger partial charge in [-0.3, -0.25) is 9.69 Å². The summed E-state index contributed by atoms with van der Waals surface area (Å²) in [5.74, 6) is 1.44. The number of hydrogen-bond donors (Lipinski definition) is 0. The van der Waals surface area contributed by atoms with E-state index in [1.54, 1.807) is 0 Å². The van der Waals surface area contributed by atoms with Crippen LogP contribution in [0, 0.1) is 12.8 Å². The van der Waals surface area contributed by atoms with Crippen LogP contribution in [0.1, 0.15) is 31.5 Å². The lowest BCUT2D eigenvalue weighted by atomic mass is 9.93. The van der Waals surface area contributed by atoms with Gasteiger partial charge in [-0.2, -0.15) is 0 Å². The number of rotatable bonds is 5. The van der Waals surface area contributed by atoms with Crippen LogP contribution in [-0.2, 0) is 16.1 Å². The van der Waals surface area contributed by atoms with Gasteiger partial charge in [0.15, 0.2) is 0 Å². The van der Waals surface area contributed by atoms with Crippen molar-refractivity contribution in [1.29, 1.82) is 0 Å². The molecular weight excluding hydrogens is 304 g/mol. The number of likely N-dealkylation sites (N-methyl/N-ethyl adjacent to an activating group) is 1. The van der Waals surface area contributed by atoms with E-state index >= 15 is 0 Å². The molecule has 1 aromatic rings. The highest BCUT2D eigenvalue weighted by atomic mass is 16.5. The quantitative estimate of drug-likeness (QED) is 0.820. The number of hydrogen-bond acceptors (Lipinski definition) is 4. The normalized spacial score (nSPS) is 23.3. The lowest BCUT2D eigenvalue weighted by Gasteiger charge is -2.40. The summed E-state index contributed by atoms with van der Waals surface area (Å²) in [7, 11) is 1.93. The average molecular weight is 334 g/mol. The first kappa shape index (κ1) is 17.4. The first-order valence-corrected chi connectivity index (χ1v) is 9.19. The molecule has 2 aliphatic heterocycles. The molecule has 134 valence electrons. The minimum Gasteiger partial charge on any atom is -0.381 e. The Hall–Kier alpha value is -1.40. The van der Waals surface area contributed by atoms with Crippen LogP contribution in [0.5, 0.6) is 0 Å². The topological polar surface area (TPSA) is 50.6 Å². The number of ether oxygens (including phenoxy) is 1. The van der Waals surface area contributed by atoms with Crippen molar-refractivity contribution in [1.82, 2.24) is 19.4 Å². The summed E-state index contributed by atoms with van der Waals surface area (Å²) in [5.41, 5.74) is 0. The second-order valence-corrected chi connectivity index (χ2v) is 7.11. The van der Waals surface area contributed by atoms with Gasteiger partial charge in [-0.25, -0.2) is 4.98 Å². The molecule has 1 amide bonds. The van der Waals surface area contributed by atoms with Crippen LogP contribution in [0.4, 0.5) is 0 Å². The summed E-state index contributed by atoms with van der Waals surface area (Å²) in [6, 6.07) is 0.605. The van der Waals surface area contributed by atoms with Crippen LogP contribution in [0.3, 0.4) is 0 Å². The van der Waals surface area contributed by atoms with Crippen molar-refractivity contribution >= 4 is 5.91 Å². The number of carbonyl (C=O) groups is 1. The van der Waals surface area contributed by atoms with Gasteiger partial charge in [-0.15, -0.1) is 0 Å². The molecular formula is C18H30N4O2. The fraction of sp³-hybridized carbons (Fsp3) is 0.778. The fourth-order valence-electron chi connectivity index (χ4n) is 3.91. The zero-order valence-electron chi connectivity index (χ0n) is 15.0. The number of imidazole rings is 1. The smallest absolute Gasteiger partial charge is 0.226 e. The monoisotopic (exact) mass is 334 g/mol. The Labute approximate surface area is 144 Å². The molecule has 2 aliphatic rings. The Kier molecular flexibility index (Phi) is 5.89. The Morgan fingerprint density at radius 3 is 2.88 bits per heavy atom. The van der Waals surface area contributed by atoms with Crippen molar-refractivity contribution in [3.63, 3.8) is 0 Å². The molecule has 0 radical (unpaired) electrons. The number of aromatic nitrogens is 2. The van der Waals surface area contributed by atoms with Gasteiger partial charge in [0.1, 0.15) is 5.82 Å². The first-order valence-electron chi connectivity index (χ1n) is 9.19. The van der Waals surface area contributed by atoms with Gasteiger partial charge >= 0.3 is 0 Å². The van der Waals surface area contributed by atoms with Crippen molar-refractivity contribution in [2.24, 2.45) is 5.92 Å². The number of nitrogens with zero attached hydrogens (tertiary/aromatic N) is 4. The third-order valence-electron chi connectivity index (χ3n) is 5.49. The molecule has 0 aliphatic carbocycles. The molecule has 6 nitrogen and oxygen atoms in total. The molecule has 1 aromatic heterocycles. The van der Waals surface area contributed by atoms with Gasteiger partial charge in [-0.05, 0) is 39.2 Å². The van der Waals surface area contributed by atoms with Crippen molar-refractivity contribution in [3.8, 4) is 0 Å². The predicted octanol–water partition coefficient (Wildman–Crippen LogP) is 1.54. The molecule has 3 rings (SSSR count). The zero-order chi connectivity index (χ0) is 16.9. The minimum absolute atomic E-state index is 0.149. The van der Waals surface area contributed by atoms with E-state index in [1.807, 2.05) is 31.3 Å². The van der Waals surface area contributed by atoms with Gasteiger partial charge in [-0.1, -0.05) is 0 Å². The molecule has 0 N–H and O–H groups in total. The maximum absolute atomic E-state index is 12.8. The molecule has 0 saturated carbocycles. The van der Waals surface area contributed by atoms with Crippen molar-refractivity contribution in [2.45, 2.75) is 45.2 Å². The number of piperidine rings is 1. The number of carbonyl (C=O) groups excluding carboxylic acids is 1. The minimum atomic E-state index is 0.149. The molecule has 2 fully saturated rings. The van der Waals surface area contributed by atoms with Crippen molar-refractivity contribution in [3.05, 3.63) is 18.2 Å². The van der Waals surface area contributed by atoms with E-state index in [0.717, 1.165) is 70.9 Å². The summed E-state index contributed by atoms with van der Waals surface area (Å²) in [6.07, 6.45) is 8.15. The van der Waals surface area contributed by atoms with E-state index in [2.05, 4.69) is 14.5 Å². The highest BCUT2D eigenvalue weighted by Gasteiger charge is 2.31. The Balaban J connectivity index is 1.50. The van der Waals surface area contributed by atoms with Gasteiger partial charge in [0.05, 0.1) is 5.92 Å². The summed E-state index contributed by atoms with van der Waals surface area (Å²) in [4.78, 5) is 21.5. The Morgan fingerprint density at radius 2 is 2.17 bits per heavy atom. The van der Waals surface area contributed by atoms with Gasteiger partial charge < -0.3 is 14.2 Å². The number of likely N-dealkylation sites (tertiary alicyclic amines) is 1. The maximum Gasteiger partial charge on any atom is 0.226 e. The van der Waals surface area contributed by atoms with Gasteiger partial charge in [0.25, 0.3) is 0 Å². The van der Waals surface area contributed by atoms with E-state index in [0.29, 0.717) is 11.9 Å². The van der Waals surface area contributed by atoms with Gasteiger partial charge in [0, 0.05) is 58.3 Å². The first-order chi connectivity index (χ1) is 11.6. The van der Waals surface area contributed by atoms with Crippen LogP contribution < -0.4 is 0 Å². The highest BCUT2D eigenvalue weighted by molar-refractivity contribution is 5.78. The summed E-state index contributed by atoms with van der Waals surface area (Å²) < 4.78 is 7.57. The maximum atomic E-state index is 12.8. The number of amides is 1. The second-order valence-electron chi connectivity index (χ2n) is 7.11. The van der Waals surface area contributed by atoms with Crippen LogP contribution in [-0.4, -0.2) is 71.2 Å². The molecule has 6 heteroatoms. The largest absolute Gasteiger partial charge is 0.381 e. The Morgan fingerprint density at radius 1 is 1.38 bits per heavy atom. The van der Waals surface area contributed by atoms with E-state index in [9.17, 15) is 4.79 Å².